The van der Waals surface area contributed by atoms with Crippen molar-refractivity contribution in [1.82, 2.24) is 4.98 Å². The molecule has 1 saturated carbocycles. The molecule has 1 heterocycles. The molecule has 122 valence electrons. The van der Waals surface area contributed by atoms with Crippen LogP contribution in [0.3, 0.4) is 0 Å². The Balaban J connectivity index is 1.72. The van der Waals surface area contributed by atoms with Crippen LogP contribution in [0.2, 0.25) is 0 Å². The van der Waals surface area contributed by atoms with Crippen LogP contribution in [0.1, 0.15) is 25.6 Å². The first-order valence-electron chi connectivity index (χ1n) is 7.90. The number of carbonyl (C=O) groups excluding carboxylic acids is 1. The average Bonchev–Trinajstić information content (AvgIpc) is 3.20. The summed E-state index contributed by atoms with van der Waals surface area (Å²) >= 11 is 0. The Morgan fingerprint density at radius 1 is 1.12 bits per heavy atom. The van der Waals surface area contributed by atoms with Gasteiger partial charge in [0.05, 0.1) is 11.6 Å². The fraction of sp³-hybridized carbons (Fsp3) is 0.316. The maximum Gasteiger partial charge on any atom is 0.311 e. The number of hydrogen-bond acceptors (Lipinski definition) is 5. The normalized spacial score (nSPS) is 23.0. The number of aromatic nitrogens is 1. The third-order valence-electron chi connectivity index (χ3n) is 4.42. The molecule has 0 aliphatic heterocycles. The number of rotatable bonds is 5. The highest BCUT2D eigenvalue weighted by Crippen LogP contribution is 2.46. The summed E-state index contributed by atoms with van der Waals surface area (Å²) in [6, 6.07) is 16.3. The van der Waals surface area contributed by atoms with E-state index in [0.717, 1.165) is 0 Å². The molecule has 0 amide bonds. The lowest BCUT2D eigenvalue weighted by atomic mass is 10.2. The van der Waals surface area contributed by atoms with Gasteiger partial charge >= 0.3 is 5.97 Å². The first-order valence-corrected chi connectivity index (χ1v) is 7.90. The Labute approximate surface area is 140 Å². The van der Waals surface area contributed by atoms with Crippen LogP contribution >= 0.6 is 0 Å². The number of pyridine rings is 1. The molecule has 3 rings (SSSR count). The van der Waals surface area contributed by atoms with E-state index in [2.05, 4.69) is 4.98 Å². The highest BCUT2D eigenvalue weighted by atomic mass is 16.5. The van der Waals surface area contributed by atoms with Gasteiger partial charge in [0, 0.05) is 6.07 Å². The number of carbonyl (C=O) groups is 1. The first-order chi connectivity index (χ1) is 11.6. The van der Waals surface area contributed by atoms with Crippen LogP contribution in [0.4, 0.5) is 0 Å². The summed E-state index contributed by atoms with van der Waals surface area (Å²) in [5.74, 6) is 1.15. The van der Waals surface area contributed by atoms with E-state index in [-0.39, 0.29) is 11.9 Å². The Kier molecular flexibility index (Phi) is 4.48. The lowest BCUT2D eigenvalue weighted by Crippen LogP contribution is -2.14. The molecular weight excluding hydrogens is 304 g/mol. The minimum Gasteiger partial charge on any atom is -0.440 e. The van der Waals surface area contributed by atoms with E-state index in [9.17, 15) is 10.1 Å². The summed E-state index contributed by atoms with van der Waals surface area (Å²) in [6.45, 7) is 4.01. The molecule has 0 saturated heterocycles. The SMILES string of the molecule is CC1C(C)C1C(=O)OC(C#N)c1cccc(Oc2ccccc2)n1. The van der Waals surface area contributed by atoms with E-state index in [4.69, 9.17) is 9.47 Å². The Bertz CT molecular complexity index is 762. The predicted octanol–water partition coefficient (Wildman–Crippen LogP) is 3.88. The summed E-state index contributed by atoms with van der Waals surface area (Å²) in [6.07, 6.45) is -1.03. The van der Waals surface area contributed by atoms with Gasteiger partial charge in [0.25, 0.3) is 0 Å². The van der Waals surface area contributed by atoms with Crippen LogP contribution in [0.5, 0.6) is 11.6 Å². The largest absolute Gasteiger partial charge is 0.440 e. The second-order valence-corrected chi connectivity index (χ2v) is 6.01. The van der Waals surface area contributed by atoms with Gasteiger partial charge in [-0.05, 0) is 30.0 Å². The topological polar surface area (TPSA) is 72.2 Å². The second kappa shape index (κ2) is 6.71. The van der Waals surface area contributed by atoms with Crippen LogP contribution in [0.25, 0.3) is 0 Å². The van der Waals surface area contributed by atoms with E-state index in [1.165, 1.54) is 0 Å². The molecule has 3 atom stereocenters. The maximum absolute atomic E-state index is 12.1. The lowest BCUT2D eigenvalue weighted by molar-refractivity contribution is -0.149. The van der Waals surface area contributed by atoms with Crippen molar-refractivity contribution < 1.29 is 14.3 Å². The van der Waals surface area contributed by atoms with Gasteiger partial charge in [-0.25, -0.2) is 4.98 Å². The van der Waals surface area contributed by atoms with Crippen molar-refractivity contribution in [2.75, 3.05) is 0 Å². The van der Waals surface area contributed by atoms with Crippen molar-refractivity contribution in [3.63, 3.8) is 0 Å². The molecule has 1 aliphatic carbocycles. The minimum atomic E-state index is -1.03. The summed E-state index contributed by atoms with van der Waals surface area (Å²) in [5.41, 5.74) is 0.361. The monoisotopic (exact) mass is 322 g/mol. The zero-order chi connectivity index (χ0) is 17.1. The van der Waals surface area contributed by atoms with Gasteiger partial charge in [0.2, 0.25) is 12.0 Å². The quantitative estimate of drug-likeness (QED) is 0.781. The van der Waals surface area contributed by atoms with Crippen molar-refractivity contribution in [2.45, 2.75) is 20.0 Å². The molecule has 5 heteroatoms. The zero-order valence-electron chi connectivity index (χ0n) is 13.5. The van der Waals surface area contributed by atoms with Crippen molar-refractivity contribution in [3.05, 3.63) is 54.2 Å². The molecule has 0 spiro atoms. The van der Waals surface area contributed by atoms with E-state index in [1.807, 2.05) is 50.2 Å². The highest BCUT2D eigenvalue weighted by molar-refractivity contribution is 5.76. The van der Waals surface area contributed by atoms with Crippen molar-refractivity contribution in [2.24, 2.45) is 17.8 Å². The van der Waals surface area contributed by atoms with Crippen LogP contribution in [0.15, 0.2) is 48.5 Å². The molecule has 3 unspecified atom stereocenters. The van der Waals surface area contributed by atoms with Crippen LogP contribution < -0.4 is 4.74 Å². The molecule has 0 N–H and O–H groups in total. The van der Waals surface area contributed by atoms with Crippen molar-refractivity contribution >= 4 is 5.97 Å². The van der Waals surface area contributed by atoms with Gasteiger partial charge in [0.15, 0.2) is 0 Å². The fourth-order valence-electron chi connectivity index (χ4n) is 2.68. The molecule has 1 fully saturated rings. The Morgan fingerprint density at radius 3 is 2.46 bits per heavy atom. The highest BCUT2D eigenvalue weighted by Gasteiger charge is 2.50. The number of nitrogens with zero attached hydrogens (tertiary/aromatic N) is 2. The van der Waals surface area contributed by atoms with Crippen LogP contribution in [0, 0.1) is 29.1 Å². The lowest BCUT2D eigenvalue weighted by Gasteiger charge is -2.12. The van der Waals surface area contributed by atoms with Crippen molar-refractivity contribution in [3.8, 4) is 17.7 Å². The van der Waals surface area contributed by atoms with E-state index >= 15 is 0 Å². The van der Waals surface area contributed by atoms with Gasteiger partial charge in [-0.1, -0.05) is 38.1 Å². The Hall–Kier alpha value is -2.87. The average molecular weight is 322 g/mol. The number of para-hydroxylation sites is 1. The number of esters is 1. The zero-order valence-corrected chi connectivity index (χ0v) is 13.5. The molecule has 0 radical (unpaired) electrons. The third-order valence-corrected chi connectivity index (χ3v) is 4.42. The predicted molar refractivity (Wildman–Crippen MR) is 87.0 cm³/mol. The Morgan fingerprint density at radius 2 is 1.83 bits per heavy atom. The molecule has 1 aliphatic rings. The van der Waals surface area contributed by atoms with E-state index < -0.39 is 6.10 Å². The third kappa shape index (κ3) is 3.38. The van der Waals surface area contributed by atoms with E-state index in [0.29, 0.717) is 29.2 Å². The first kappa shape index (κ1) is 16.0. The van der Waals surface area contributed by atoms with Gasteiger partial charge in [0.1, 0.15) is 11.8 Å². The molecule has 1 aromatic heterocycles. The summed E-state index contributed by atoms with van der Waals surface area (Å²) < 4.78 is 11.0. The van der Waals surface area contributed by atoms with Crippen LogP contribution in [-0.2, 0) is 9.53 Å². The number of hydrogen-bond donors (Lipinski definition) is 0. The van der Waals surface area contributed by atoms with E-state index in [1.54, 1.807) is 18.2 Å². The number of ether oxygens (including phenoxy) is 2. The molecule has 2 aromatic rings. The minimum absolute atomic E-state index is 0.121. The van der Waals surface area contributed by atoms with Gasteiger partial charge in [-0.15, -0.1) is 0 Å². The fourth-order valence-corrected chi connectivity index (χ4v) is 2.68. The summed E-state index contributed by atoms with van der Waals surface area (Å²) in [7, 11) is 0. The van der Waals surface area contributed by atoms with Crippen LogP contribution in [-0.4, -0.2) is 11.0 Å². The smallest absolute Gasteiger partial charge is 0.311 e. The number of benzene rings is 1. The van der Waals surface area contributed by atoms with Gasteiger partial charge in [-0.3, -0.25) is 4.79 Å². The standard InChI is InChI=1S/C19H18N2O3/c1-12-13(2)18(12)19(22)24-16(11-20)15-9-6-10-17(21-15)23-14-7-4-3-5-8-14/h3-10,12-13,16,18H,1-2H3. The number of nitriles is 1. The van der Waals surface area contributed by atoms with Gasteiger partial charge in [-0.2, -0.15) is 5.26 Å². The molecular formula is C19H18N2O3. The summed E-state index contributed by atoms with van der Waals surface area (Å²) in [5, 5.41) is 9.33. The molecule has 0 bridgehead atoms. The molecule has 24 heavy (non-hydrogen) atoms. The van der Waals surface area contributed by atoms with Crippen molar-refractivity contribution in [1.29, 1.82) is 5.26 Å². The molecule has 5 nitrogen and oxygen atoms in total. The maximum atomic E-state index is 12.1. The van der Waals surface area contributed by atoms with Gasteiger partial charge < -0.3 is 9.47 Å². The summed E-state index contributed by atoms with van der Waals surface area (Å²) in [4.78, 5) is 16.4. The second-order valence-electron chi connectivity index (χ2n) is 6.01. The molecule has 1 aromatic carbocycles.